The van der Waals surface area contributed by atoms with E-state index in [1.165, 1.54) is 13.0 Å². The molecule has 1 aliphatic heterocycles. The molecule has 28 heavy (non-hydrogen) atoms. The van der Waals surface area contributed by atoms with Crippen molar-refractivity contribution in [2.45, 2.75) is 32.2 Å². The Balaban J connectivity index is 1.62. The fourth-order valence-corrected chi connectivity index (χ4v) is 4.01. The Morgan fingerprint density at radius 2 is 1.79 bits per heavy atom. The van der Waals surface area contributed by atoms with Crippen LogP contribution in [0.5, 0.6) is 0 Å². The van der Waals surface area contributed by atoms with Gasteiger partial charge in [-0.25, -0.2) is 0 Å². The molecule has 0 bridgehead atoms. The molecule has 0 aliphatic carbocycles. The summed E-state index contributed by atoms with van der Waals surface area (Å²) >= 11 is 6.07. The van der Waals surface area contributed by atoms with E-state index in [2.05, 4.69) is 32.3 Å². The number of nitrogens with zero attached hydrogens (tertiary/aromatic N) is 3. The second kappa shape index (κ2) is 8.76. The lowest BCUT2D eigenvalue weighted by atomic mass is 10.00. The van der Waals surface area contributed by atoms with Gasteiger partial charge in [0, 0.05) is 42.1 Å². The molecule has 0 radical (unpaired) electrons. The highest BCUT2D eigenvalue weighted by Gasteiger charge is 2.22. The lowest BCUT2D eigenvalue weighted by Crippen LogP contribution is -2.39. The number of aromatic amines is 1. The number of H-pyrrole nitrogens is 1. The number of aromatic nitrogens is 3. The molecule has 2 N–H and O–H groups in total. The Labute approximate surface area is 171 Å². The van der Waals surface area contributed by atoms with Gasteiger partial charge in [0.1, 0.15) is 0 Å². The molecular formula is C22H26ClN5. The molecule has 6 heteroatoms. The molecule has 0 saturated carbocycles. The number of likely N-dealkylation sites (tertiary alicyclic amines) is 1. The number of hydrogen-bond donors (Lipinski definition) is 2. The van der Waals surface area contributed by atoms with Gasteiger partial charge in [-0.15, -0.1) is 0 Å². The summed E-state index contributed by atoms with van der Waals surface area (Å²) in [5.41, 5.74) is 4.24. The van der Waals surface area contributed by atoms with Gasteiger partial charge in [-0.1, -0.05) is 30.7 Å². The molecule has 1 aliphatic rings. The van der Waals surface area contributed by atoms with Crippen molar-refractivity contribution >= 4 is 17.4 Å². The summed E-state index contributed by atoms with van der Waals surface area (Å²) in [4.78, 5) is 6.71. The summed E-state index contributed by atoms with van der Waals surface area (Å²) in [6.45, 7) is 5.72. The highest BCUT2D eigenvalue weighted by Crippen LogP contribution is 2.37. The fourth-order valence-electron chi connectivity index (χ4n) is 3.88. The van der Waals surface area contributed by atoms with Crippen LogP contribution in [0.4, 0.5) is 5.82 Å². The number of pyridine rings is 1. The van der Waals surface area contributed by atoms with Crippen LogP contribution in [0.25, 0.3) is 22.4 Å². The minimum Gasteiger partial charge on any atom is -0.365 e. The zero-order chi connectivity index (χ0) is 19.3. The topological polar surface area (TPSA) is 56.8 Å². The van der Waals surface area contributed by atoms with Gasteiger partial charge in [0.05, 0.1) is 11.3 Å². The summed E-state index contributed by atoms with van der Waals surface area (Å²) in [5.74, 6) is 0.907. The maximum atomic E-state index is 6.07. The summed E-state index contributed by atoms with van der Waals surface area (Å²) in [7, 11) is 0. The van der Waals surface area contributed by atoms with E-state index in [4.69, 9.17) is 11.6 Å². The molecule has 2 aromatic heterocycles. The van der Waals surface area contributed by atoms with E-state index in [1.807, 2.05) is 48.8 Å². The van der Waals surface area contributed by atoms with Crippen LogP contribution in [-0.4, -0.2) is 45.8 Å². The molecule has 3 heterocycles. The third kappa shape index (κ3) is 4.21. The van der Waals surface area contributed by atoms with Crippen LogP contribution in [-0.2, 0) is 0 Å². The smallest absolute Gasteiger partial charge is 0.156 e. The van der Waals surface area contributed by atoms with Gasteiger partial charge in [0.25, 0.3) is 0 Å². The summed E-state index contributed by atoms with van der Waals surface area (Å²) in [5, 5.41) is 12.3. The maximum Gasteiger partial charge on any atom is 0.156 e. The first-order valence-electron chi connectivity index (χ1n) is 9.98. The Kier molecular flexibility index (Phi) is 5.93. The van der Waals surface area contributed by atoms with Crippen molar-refractivity contribution in [2.24, 2.45) is 0 Å². The van der Waals surface area contributed by atoms with E-state index in [0.717, 1.165) is 59.2 Å². The molecule has 1 aromatic carbocycles. The first-order valence-corrected chi connectivity index (χ1v) is 10.4. The minimum atomic E-state index is 0.440. The molecule has 146 valence electrons. The predicted molar refractivity (Wildman–Crippen MR) is 116 cm³/mol. The average Bonchev–Trinajstić information content (AvgIpc) is 3.14. The number of nitrogens with one attached hydrogen (secondary N) is 2. The SMILES string of the molecule is CCCN1CCC(Nc2n[nH]c(-c3ccc(Cl)cc3)c2-c2ccncc2)CC1. The average molecular weight is 396 g/mol. The van der Waals surface area contributed by atoms with E-state index in [1.54, 1.807) is 0 Å². The number of benzene rings is 1. The molecule has 1 fully saturated rings. The molecule has 0 atom stereocenters. The molecule has 3 aromatic rings. The maximum absolute atomic E-state index is 6.07. The zero-order valence-corrected chi connectivity index (χ0v) is 16.9. The zero-order valence-electron chi connectivity index (χ0n) is 16.2. The Hall–Kier alpha value is -2.37. The largest absolute Gasteiger partial charge is 0.365 e. The number of piperidine rings is 1. The van der Waals surface area contributed by atoms with Crippen LogP contribution >= 0.6 is 11.6 Å². The van der Waals surface area contributed by atoms with Crippen molar-refractivity contribution in [1.29, 1.82) is 0 Å². The Morgan fingerprint density at radius 3 is 2.46 bits per heavy atom. The molecule has 0 spiro atoms. The molecular weight excluding hydrogens is 370 g/mol. The monoisotopic (exact) mass is 395 g/mol. The Morgan fingerprint density at radius 1 is 1.07 bits per heavy atom. The number of halogens is 1. The van der Waals surface area contributed by atoms with Gasteiger partial charge < -0.3 is 10.2 Å². The van der Waals surface area contributed by atoms with E-state index in [0.29, 0.717) is 6.04 Å². The standard InChI is InChI=1S/C22H26ClN5/c1-2-13-28-14-9-19(10-15-28)25-22-20(16-7-11-24-12-8-16)21(26-27-22)17-3-5-18(23)6-4-17/h3-8,11-12,19H,2,9-10,13-15H2,1H3,(H2,25,26,27). The first kappa shape index (κ1) is 19.0. The van der Waals surface area contributed by atoms with Gasteiger partial charge >= 0.3 is 0 Å². The van der Waals surface area contributed by atoms with E-state index in [9.17, 15) is 0 Å². The molecule has 1 saturated heterocycles. The van der Waals surface area contributed by atoms with Crippen LogP contribution in [0.1, 0.15) is 26.2 Å². The normalized spacial score (nSPS) is 15.6. The van der Waals surface area contributed by atoms with E-state index < -0.39 is 0 Å². The number of rotatable bonds is 6. The van der Waals surface area contributed by atoms with E-state index in [-0.39, 0.29) is 0 Å². The van der Waals surface area contributed by atoms with Crippen LogP contribution in [0.15, 0.2) is 48.8 Å². The second-order valence-electron chi connectivity index (χ2n) is 7.33. The lowest BCUT2D eigenvalue weighted by molar-refractivity contribution is 0.219. The van der Waals surface area contributed by atoms with Gasteiger partial charge in [0.15, 0.2) is 5.82 Å². The molecule has 4 rings (SSSR count). The van der Waals surface area contributed by atoms with Gasteiger partial charge in [-0.3, -0.25) is 10.1 Å². The summed E-state index contributed by atoms with van der Waals surface area (Å²) in [6.07, 6.45) is 7.13. The minimum absolute atomic E-state index is 0.440. The van der Waals surface area contributed by atoms with Gasteiger partial charge in [-0.05, 0) is 55.6 Å². The van der Waals surface area contributed by atoms with Crippen molar-refractivity contribution in [1.82, 2.24) is 20.1 Å². The summed E-state index contributed by atoms with van der Waals surface area (Å²) < 4.78 is 0. The summed E-state index contributed by atoms with van der Waals surface area (Å²) in [6, 6.07) is 12.4. The van der Waals surface area contributed by atoms with Gasteiger partial charge in [0.2, 0.25) is 0 Å². The third-order valence-electron chi connectivity index (χ3n) is 5.34. The van der Waals surface area contributed by atoms with Crippen LogP contribution in [0.3, 0.4) is 0 Å². The quantitative estimate of drug-likeness (QED) is 0.611. The van der Waals surface area contributed by atoms with Crippen molar-refractivity contribution in [2.75, 3.05) is 25.0 Å². The Bertz CT molecular complexity index is 883. The highest BCUT2D eigenvalue weighted by atomic mass is 35.5. The van der Waals surface area contributed by atoms with Crippen molar-refractivity contribution < 1.29 is 0 Å². The van der Waals surface area contributed by atoms with Gasteiger partial charge in [-0.2, -0.15) is 5.10 Å². The lowest BCUT2D eigenvalue weighted by Gasteiger charge is -2.32. The van der Waals surface area contributed by atoms with Crippen molar-refractivity contribution in [3.63, 3.8) is 0 Å². The predicted octanol–water partition coefficient (Wildman–Crippen LogP) is 5.08. The third-order valence-corrected chi connectivity index (χ3v) is 5.59. The van der Waals surface area contributed by atoms with E-state index >= 15 is 0 Å². The van der Waals surface area contributed by atoms with Crippen molar-refractivity contribution in [3.05, 3.63) is 53.8 Å². The first-order chi connectivity index (χ1) is 13.7. The molecule has 0 amide bonds. The highest BCUT2D eigenvalue weighted by molar-refractivity contribution is 6.30. The van der Waals surface area contributed by atoms with Crippen LogP contribution in [0.2, 0.25) is 5.02 Å². The molecule has 0 unspecified atom stereocenters. The fraction of sp³-hybridized carbons (Fsp3) is 0.364. The number of hydrogen-bond acceptors (Lipinski definition) is 4. The van der Waals surface area contributed by atoms with Crippen LogP contribution in [0, 0.1) is 0 Å². The van der Waals surface area contributed by atoms with Crippen LogP contribution < -0.4 is 5.32 Å². The van der Waals surface area contributed by atoms with Crippen molar-refractivity contribution in [3.8, 4) is 22.4 Å². The molecule has 5 nitrogen and oxygen atoms in total. The second-order valence-corrected chi connectivity index (χ2v) is 7.76. The number of anilines is 1.